The summed E-state index contributed by atoms with van der Waals surface area (Å²) in [6.07, 6.45) is 0. The molecule has 1 aromatic carbocycles. The predicted molar refractivity (Wildman–Crippen MR) is 70.5 cm³/mol. The van der Waals surface area contributed by atoms with Crippen LogP contribution < -0.4 is 0 Å². The molecular formula is C11H10IN3O2. The molecule has 2 aromatic rings. The Morgan fingerprint density at radius 3 is 3.06 bits per heavy atom. The molecule has 1 aromatic heterocycles. The van der Waals surface area contributed by atoms with Gasteiger partial charge in [-0.05, 0) is 41.6 Å². The van der Waals surface area contributed by atoms with Crippen LogP contribution in [0.2, 0.25) is 0 Å². The number of halogens is 1. The van der Waals surface area contributed by atoms with Crippen LogP contribution in [0.4, 0.5) is 0 Å². The normalized spacial score (nSPS) is 10.2. The van der Waals surface area contributed by atoms with Gasteiger partial charge in [0.1, 0.15) is 0 Å². The number of ether oxygens (including phenoxy) is 1. The maximum absolute atomic E-state index is 11.4. The third-order valence-corrected chi connectivity index (χ3v) is 2.71. The van der Waals surface area contributed by atoms with E-state index in [-0.39, 0.29) is 5.82 Å². The van der Waals surface area contributed by atoms with Crippen molar-refractivity contribution < 1.29 is 9.53 Å². The second-order valence-electron chi connectivity index (χ2n) is 3.24. The second kappa shape index (κ2) is 5.26. The Bertz CT molecular complexity index is 539. The van der Waals surface area contributed by atoms with Gasteiger partial charge in [-0.3, -0.25) is 5.10 Å². The summed E-state index contributed by atoms with van der Waals surface area (Å²) in [4.78, 5) is 15.5. The van der Waals surface area contributed by atoms with Gasteiger partial charge in [-0.25, -0.2) is 9.78 Å². The standard InChI is InChI=1S/C11H10IN3O2/c1-2-17-11(16)10-13-9(14-15-10)7-4-3-5-8(12)6-7/h3-6H,2H2,1H3,(H,13,14,15). The van der Waals surface area contributed by atoms with Crippen molar-refractivity contribution >= 4 is 28.6 Å². The Morgan fingerprint density at radius 2 is 2.35 bits per heavy atom. The van der Waals surface area contributed by atoms with Crippen molar-refractivity contribution in [2.24, 2.45) is 0 Å². The molecule has 0 atom stereocenters. The van der Waals surface area contributed by atoms with Crippen molar-refractivity contribution in [2.45, 2.75) is 6.92 Å². The molecule has 0 aliphatic carbocycles. The first-order valence-corrected chi connectivity index (χ1v) is 6.14. The first kappa shape index (κ1) is 12.0. The largest absolute Gasteiger partial charge is 0.460 e. The molecule has 0 fully saturated rings. The number of hydrogen-bond acceptors (Lipinski definition) is 4. The van der Waals surface area contributed by atoms with Crippen LogP contribution in [0.5, 0.6) is 0 Å². The third-order valence-electron chi connectivity index (χ3n) is 2.04. The van der Waals surface area contributed by atoms with Crippen LogP contribution in [-0.4, -0.2) is 27.8 Å². The van der Waals surface area contributed by atoms with E-state index in [2.05, 4.69) is 37.8 Å². The van der Waals surface area contributed by atoms with Crippen molar-refractivity contribution in [1.82, 2.24) is 15.2 Å². The molecule has 0 aliphatic rings. The predicted octanol–water partition coefficient (Wildman–Crippen LogP) is 2.25. The van der Waals surface area contributed by atoms with E-state index in [1.165, 1.54) is 0 Å². The molecule has 0 unspecified atom stereocenters. The van der Waals surface area contributed by atoms with Crippen molar-refractivity contribution in [1.29, 1.82) is 0 Å². The van der Waals surface area contributed by atoms with Crippen LogP contribution in [0.3, 0.4) is 0 Å². The molecule has 0 aliphatic heterocycles. The zero-order chi connectivity index (χ0) is 12.3. The highest BCUT2D eigenvalue weighted by atomic mass is 127. The summed E-state index contributed by atoms with van der Waals surface area (Å²) >= 11 is 2.21. The SMILES string of the molecule is CCOC(=O)c1nc(-c2cccc(I)c2)n[nH]1. The van der Waals surface area contributed by atoms with Crippen molar-refractivity contribution in [3.8, 4) is 11.4 Å². The number of esters is 1. The first-order chi connectivity index (χ1) is 8.20. The highest BCUT2D eigenvalue weighted by Gasteiger charge is 2.13. The van der Waals surface area contributed by atoms with Crippen LogP contribution in [-0.2, 0) is 4.74 Å². The maximum atomic E-state index is 11.4. The van der Waals surface area contributed by atoms with E-state index in [0.29, 0.717) is 12.4 Å². The van der Waals surface area contributed by atoms with Gasteiger partial charge in [-0.15, -0.1) is 0 Å². The van der Waals surface area contributed by atoms with Crippen LogP contribution >= 0.6 is 22.6 Å². The molecule has 17 heavy (non-hydrogen) atoms. The molecule has 2 rings (SSSR count). The number of nitrogens with zero attached hydrogens (tertiary/aromatic N) is 2. The van der Waals surface area contributed by atoms with Crippen LogP contribution in [0, 0.1) is 3.57 Å². The van der Waals surface area contributed by atoms with E-state index >= 15 is 0 Å². The second-order valence-corrected chi connectivity index (χ2v) is 4.48. The quantitative estimate of drug-likeness (QED) is 0.686. The van der Waals surface area contributed by atoms with Gasteiger partial charge in [0.05, 0.1) is 6.61 Å². The average molecular weight is 343 g/mol. The van der Waals surface area contributed by atoms with Gasteiger partial charge in [-0.2, -0.15) is 5.10 Å². The highest BCUT2D eigenvalue weighted by Crippen LogP contribution is 2.17. The number of nitrogens with one attached hydrogen (secondary N) is 1. The Labute approximate surface area is 112 Å². The van der Waals surface area contributed by atoms with Gasteiger partial charge in [-0.1, -0.05) is 12.1 Å². The number of hydrogen-bond donors (Lipinski definition) is 1. The minimum absolute atomic E-state index is 0.126. The van der Waals surface area contributed by atoms with Gasteiger partial charge in [0.2, 0.25) is 5.82 Å². The lowest BCUT2D eigenvalue weighted by molar-refractivity contribution is 0.0512. The lowest BCUT2D eigenvalue weighted by Crippen LogP contribution is -2.06. The van der Waals surface area contributed by atoms with E-state index in [0.717, 1.165) is 9.13 Å². The number of carbonyl (C=O) groups excluding carboxylic acids is 1. The zero-order valence-electron chi connectivity index (χ0n) is 9.11. The monoisotopic (exact) mass is 343 g/mol. The van der Waals surface area contributed by atoms with Crippen LogP contribution in [0.15, 0.2) is 24.3 Å². The molecule has 0 amide bonds. The Kier molecular flexibility index (Phi) is 3.72. The summed E-state index contributed by atoms with van der Waals surface area (Å²) in [6, 6.07) is 7.72. The van der Waals surface area contributed by atoms with Gasteiger partial charge in [0.15, 0.2) is 5.82 Å². The average Bonchev–Trinajstić information content (AvgIpc) is 2.78. The van der Waals surface area contributed by atoms with E-state index < -0.39 is 5.97 Å². The molecule has 1 heterocycles. The fraction of sp³-hybridized carbons (Fsp3) is 0.182. The molecule has 5 nitrogen and oxygen atoms in total. The number of carbonyl (C=O) groups is 1. The zero-order valence-corrected chi connectivity index (χ0v) is 11.3. The molecular weight excluding hydrogens is 333 g/mol. The van der Waals surface area contributed by atoms with Crippen LogP contribution in [0.25, 0.3) is 11.4 Å². The van der Waals surface area contributed by atoms with Crippen LogP contribution in [0.1, 0.15) is 17.5 Å². The van der Waals surface area contributed by atoms with Gasteiger partial charge < -0.3 is 4.74 Å². The molecule has 88 valence electrons. The first-order valence-electron chi connectivity index (χ1n) is 5.06. The molecule has 0 saturated carbocycles. The summed E-state index contributed by atoms with van der Waals surface area (Å²) in [6.45, 7) is 2.06. The van der Waals surface area contributed by atoms with E-state index in [1.54, 1.807) is 6.92 Å². The van der Waals surface area contributed by atoms with Crippen molar-refractivity contribution in [3.63, 3.8) is 0 Å². The molecule has 1 N–H and O–H groups in total. The Hall–Kier alpha value is -1.44. The summed E-state index contributed by atoms with van der Waals surface area (Å²) in [5, 5.41) is 6.56. The lowest BCUT2D eigenvalue weighted by Gasteiger charge is -1.96. The summed E-state index contributed by atoms with van der Waals surface area (Å²) in [5.41, 5.74) is 0.865. The maximum Gasteiger partial charge on any atom is 0.375 e. The number of H-pyrrole nitrogens is 1. The highest BCUT2D eigenvalue weighted by molar-refractivity contribution is 14.1. The topological polar surface area (TPSA) is 67.9 Å². The summed E-state index contributed by atoms with van der Waals surface area (Å²) in [7, 11) is 0. The van der Waals surface area contributed by atoms with E-state index in [9.17, 15) is 4.79 Å². The summed E-state index contributed by atoms with van der Waals surface area (Å²) in [5.74, 6) is 0.129. The van der Waals surface area contributed by atoms with Gasteiger partial charge in [0, 0.05) is 9.13 Å². The number of rotatable bonds is 3. The fourth-order valence-electron chi connectivity index (χ4n) is 1.31. The van der Waals surface area contributed by atoms with Gasteiger partial charge in [0.25, 0.3) is 0 Å². The molecule has 0 radical (unpaired) electrons. The number of aromatic amines is 1. The third kappa shape index (κ3) is 2.82. The number of aromatic nitrogens is 3. The minimum atomic E-state index is -0.489. The van der Waals surface area contributed by atoms with Gasteiger partial charge >= 0.3 is 5.97 Å². The smallest absolute Gasteiger partial charge is 0.375 e. The fourth-order valence-corrected chi connectivity index (χ4v) is 1.85. The Balaban J connectivity index is 2.27. The molecule has 0 bridgehead atoms. The summed E-state index contributed by atoms with van der Waals surface area (Å²) < 4.78 is 5.91. The van der Waals surface area contributed by atoms with E-state index in [4.69, 9.17) is 4.74 Å². The van der Waals surface area contributed by atoms with Crippen molar-refractivity contribution in [3.05, 3.63) is 33.7 Å². The van der Waals surface area contributed by atoms with E-state index in [1.807, 2.05) is 24.3 Å². The Morgan fingerprint density at radius 1 is 1.53 bits per heavy atom. The lowest BCUT2D eigenvalue weighted by atomic mass is 10.2. The molecule has 0 saturated heterocycles. The molecule has 0 spiro atoms. The number of benzene rings is 1. The van der Waals surface area contributed by atoms with Crippen molar-refractivity contribution in [2.75, 3.05) is 6.61 Å². The molecule has 6 heteroatoms. The minimum Gasteiger partial charge on any atom is -0.460 e.